The largest absolute Gasteiger partial charge is 0.321 e. The van der Waals surface area contributed by atoms with Gasteiger partial charge in [0.2, 0.25) is 0 Å². The predicted molar refractivity (Wildman–Crippen MR) is 51.1 cm³/mol. The number of halogens is 1. The molecule has 2 N–H and O–H groups in total. The molecule has 0 saturated heterocycles. The first kappa shape index (κ1) is 9.23. The highest BCUT2D eigenvalue weighted by molar-refractivity contribution is 6.30. The Morgan fingerprint density at radius 3 is 2.83 bits per heavy atom. The highest BCUT2D eigenvalue weighted by Gasteiger charge is 2.06. The van der Waals surface area contributed by atoms with Crippen LogP contribution in [0.4, 0.5) is 0 Å². The third kappa shape index (κ3) is 1.84. The van der Waals surface area contributed by atoms with Gasteiger partial charge in [0.1, 0.15) is 5.15 Å². The molecule has 64 valence electrons. The first-order chi connectivity index (χ1) is 5.65. The fraction of sp³-hybridized carbons (Fsp3) is 0.222. The molecule has 1 aromatic heterocycles. The summed E-state index contributed by atoms with van der Waals surface area (Å²) in [5.41, 5.74) is 7.41. The van der Waals surface area contributed by atoms with Crippen molar-refractivity contribution in [2.45, 2.75) is 13.0 Å². The summed E-state index contributed by atoms with van der Waals surface area (Å²) in [5, 5.41) is 0.461. The number of nitrogens with two attached hydrogens (primary N) is 1. The maximum Gasteiger partial charge on any atom is 0.134 e. The predicted octanol–water partition coefficient (Wildman–Crippen LogP) is 2.23. The summed E-state index contributed by atoms with van der Waals surface area (Å²) >= 11 is 5.86. The number of hydrogen-bond acceptors (Lipinski definition) is 2. The summed E-state index contributed by atoms with van der Waals surface area (Å²) in [5.74, 6) is 0. The molecule has 0 aliphatic carbocycles. The summed E-state index contributed by atoms with van der Waals surface area (Å²) in [4.78, 5) is 4.08. The lowest BCUT2D eigenvalue weighted by atomic mass is 10.1. The first-order valence-electron chi connectivity index (χ1n) is 3.66. The molecule has 0 aliphatic heterocycles. The minimum absolute atomic E-state index is 0.231. The summed E-state index contributed by atoms with van der Waals surface area (Å²) in [6, 6.07) is 3.52. The smallest absolute Gasteiger partial charge is 0.134 e. The van der Waals surface area contributed by atoms with Gasteiger partial charge in [-0.1, -0.05) is 23.7 Å². The van der Waals surface area contributed by atoms with Gasteiger partial charge < -0.3 is 5.73 Å². The SMILES string of the molecule is C=C[C@H](N)c1ccc(C)nc1Cl. The van der Waals surface area contributed by atoms with Crippen molar-refractivity contribution >= 4 is 11.6 Å². The molecule has 0 aromatic carbocycles. The van der Waals surface area contributed by atoms with Crippen LogP contribution in [0.1, 0.15) is 17.3 Å². The van der Waals surface area contributed by atoms with Gasteiger partial charge in [-0.3, -0.25) is 0 Å². The lowest BCUT2D eigenvalue weighted by molar-refractivity contribution is 0.900. The van der Waals surface area contributed by atoms with Gasteiger partial charge >= 0.3 is 0 Å². The van der Waals surface area contributed by atoms with E-state index >= 15 is 0 Å². The van der Waals surface area contributed by atoms with Crippen molar-refractivity contribution in [3.05, 3.63) is 41.2 Å². The number of aromatic nitrogens is 1. The topological polar surface area (TPSA) is 38.9 Å². The van der Waals surface area contributed by atoms with Gasteiger partial charge in [0, 0.05) is 11.3 Å². The number of aryl methyl sites for hydroxylation is 1. The van der Waals surface area contributed by atoms with Crippen LogP contribution in [0.2, 0.25) is 5.15 Å². The molecule has 3 heteroatoms. The molecular weight excluding hydrogens is 172 g/mol. The van der Waals surface area contributed by atoms with Crippen molar-refractivity contribution < 1.29 is 0 Å². The Morgan fingerprint density at radius 1 is 1.67 bits per heavy atom. The molecule has 1 atom stereocenters. The quantitative estimate of drug-likeness (QED) is 0.563. The summed E-state index contributed by atoms with van der Waals surface area (Å²) in [6.07, 6.45) is 1.64. The average Bonchev–Trinajstić information content (AvgIpc) is 2.03. The zero-order valence-electron chi connectivity index (χ0n) is 6.92. The fourth-order valence-electron chi connectivity index (χ4n) is 0.911. The van der Waals surface area contributed by atoms with Gasteiger partial charge in [-0.15, -0.1) is 6.58 Å². The molecule has 12 heavy (non-hydrogen) atoms. The Morgan fingerprint density at radius 2 is 2.33 bits per heavy atom. The standard InChI is InChI=1S/C9H11ClN2/c1-3-8(11)7-5-4-6(2)12-9(7)10/h3-5,8H,1,11H2,2H3/t8-/m0/s1. The van der Waals surface area contributed by atoms with Crippen LogP contribution in [0.15, 0.2) is 24.8 Å². The van der Waals surface area contributed by atoms with Crippen molar-refractivity contribution in [3.8, 4) is 0 Å². The Labute approximate surface area is 77.1 Å². The van der Waals surface area contributed by atoms with Gasteiger partial charge in [0.05, 0.1) is 6.04 Å². The van der Waals surface area contributed by atoms with E-state index in [1.807, 2.05) is 19.1 Å². The molecular formula is C9H11ClN2. The maximum absolute atomic E-state index is 5.86. The van der Waals surface area contributed by atoms with Gasteiger partial charge in [-0.2, -0.15) is 0 Å². The molecule has 1 rings (SSSR count). The number of nitrogens with zero attached hydrogens (tertiary/aromatic N) is 1. The zero-order chi connectivity index (χ0) is 9.14. The van der Waals surface area contributed by atoms with Crippen molar-refractivity contribution in [3.63, 3.8) is 0 Å². The van der Waals surface area contributed by atoms with Crippen molar-refractivity contribution in [1.29, 1.82) is 0 Å². The van der Waals surface area contributed by atoms with Crippen LogP contribution < -0.4 is 5.73 Å². The molecule has 0 radical (unpaired) electrons. The van der Waals surface area contributed by atoms with Gasteiger partial charge in [0.15, 0.2) is 0 Å². The van der Waals surface area contributed by atoms with Crippen molar-refractivity contribution in [2.75, 3.05) is 0 Å². The normalized spacial score (nSPS) is 12.6. The van der Waals surface area contributed by atoms with Crippen molar-refractivity contribution in [2.24, 2.45) is 5.73 Å². The molecule has 0 bridgehead atoms. The lowest BCUT2D eigenvalue weighted by Gasteiger charge is -2.07. The molecule has 2 nitrogen and oxygen atoms in total. The molecule has 0 aliphatic rings. The van der Waals surface area contributed by atoms with Gasteiger partial charge in [-0.25, -0.2) is 4.98 Å². The maximum atomic E-state index is 5.86. The van der Waals surface area contributed by atoms with E-state index in [0.29, 0.717) is 5.15 Å². The zero-order valence-corrected chi connectivity index (χ0v) is 7.67. The van der Waals surface area contributed by atoms with E-state index in [2.05, 4.69) is 11.6 Å². The van der Waals surface area contributed by atoms with E-state index in [9.17, 15) is 0 Å². The Bertz CT molecular complexity index is 297. The van der Waals surface area contributed by atoms with Crippen LogP contribution in [0.5, 0.6) is 0 Å². The molecule has 1 heterocycles. The van der Waals surface area contributed by atoms with E-state index in [4.69, 9.17) is 17.3 Å². The number of pyridine rings is 1. The fourth-order valence-corrected chi connectivity index (χ4v) is 1.23. The van der Waals surface area contributed by atoms with E-state index in [0.717, 1.165) is 11.3 Å². The molecule has 0 spiro atoms. The van der Waals surface area contributed by atoms with Crippen LogP contribution in [0, 0.1) is 6.92 Å². The second-order valence-electron chi connectivity index (χ2n) is 2.59. The van der Waals surface area contributed by atoms with E-state index in [1.54, 1.807) is 6.08 Å². The lowest BCUT2D eigenvalue weighted by Crippen LogP contribution is -2.07. The van der Waals surface area contributed by atoms with Gasteiger partial charge in [-0.05, 0) is 13.0 Å². The third-order valence-corrected chi connectivity index (χ3v) is 1.93. The molecule has 1 aromatic rings. The Hall–Kier alpha value is -0.860. The second kappa shape index (κ2) is 3.70. The second-order valence-corrected chi connectivity index (χ2v) is 2.95. The van der Waals surface area contributed by atoms with E-state index in [1.165, 1.54) is 0 Å². The monoisotopic (exact) mass is 182 g/mol. The van der Waals surface area contributed by atoms with Gasteiger partial charge in [0.25, 0.3) is 0 Å². The minimum Gasteiger partial charge on any atom is -0.321 e. The Kier molecular flexibility index (Phi) is 2.84. The Balaban J connectivity index is 3.09. The number of rotatable bonds is 2. The minimum atomic E-state index is -0.231. The van der Waals surface area contributed by atoms with E-state index < -0.39 is 0 Å². The molecule has 0 fully saturated rings. The first-order valence-corrected chi connectivity index (χ1v) is 4.04. The summed E-state index contributed by atoms with van der Waals surface area (Å²) in [7, 11) is 0. The molecule has 0 unspecified atom stereocenters. The molecule has 0 saturated carbocycles. The van der Waals surface area contributed by atoms with Crippen LogP contribution in [0.3, 0.4) is 0 Å². The molecule has 0 amide bonds. The highest BCUT2D eigenvalue weighted by Crippen LogP contribution is 2.19. The van der Waals surface area contributed by atoms with Crippen molar-refractivity contribution in [1.82, 2.24) is 4.98 Å². The summed E-state index contributed by atoms with van der Waals surface area (Å²) < 4.78 is 0. The average molecular weight is 183 g/mol. The van der Waals surface area contributed by atoms with Crippen LogP contribution in [-0.4, -0.2) is 4.98 Å². The number of hydrogen-bond donors (Lipinski definition) is 1. The summed E-state index contributed by atoms with van der Waals surface area (Å²) in [6.45, 7) is 5.47. The highest BCUT2D eigenvalue weighted by atomic mass is 35.5. The van der Waals surface area contributed by atoms with E-state index in [-0.39, 0.29) is 6.04 Å². The van der Waals surface area contributed by atoms with Crippen LogP contribution in [0.25, 0.3) is 0 Å². The van der Waals surface area contributed by atoms with Crippen LogP contribution in [-0.2, 0) is 0 Å². The van der Waals surface area contributed by atoms with Crippen LogP contribution >= 0.6 is 11.6 Å². The third-order valence-electron chi connectivity index (χ3n) is 1.63.